The normalized spacial score (nSPS) is 11.0. The van der Waals surface area contributed by atoms with Crippen LogP contribution in [0.2, 0.25) is 5.02 Å². The fraction of sp³-hybridized carbons (Fsp3) is 0. The molecule has 0 fully saturated rings. The van der Waals surface area contributed by atoms with Gasteiger partial charge in [-0.25, -0.2) is 9.18 Å². The van der Waals surface area contributed by atoms with Crippen LogP contribution in [0, 0.1) is 5.82 Å². The molecule has 0 bridgehead atoms. The summed E-state index contributed by atoms with van der Waals surface area (Å²) < 4.78 is 13.2. The van der Waals surface area contributed by atoms with Crippen molar-refractivity contribution >= 4 is 35.3 Å². The Morgan fingerprint density at radius 1 is 1.56 bits per heavy atom. The third-order valence-corrected chi connectivity index (χ3v) is 1.79. The van der Waals surface area contributed by atoms with Crippen molar-refractivity contribution in [2.45, 2.75) is 0 Å². The number of rotatable bonds is 4. The zero-order chi connectivity index (χ0) is 12.1. The molecule has 0 aliphatic carbocycles. The molecule has 1 rings (SSSR count). The van der Waals surface area contributed by atoms with E-state index in [1.54, 1.807) is 0 Å². The molecule has 0 radical (unpaired) electrons. The number of hydrogen-bond acceptors (Lipinski definition) is 4. The first-order valence-electron chi connectivity index (χ1n) is 4.02. The highest BCUT2D eigenvalue weighted by molar-refractivity contribution is 6.57. The van der Waals surface area contributed by atoms with Gasteiger partial charge < -0.3 is 5.11 Å². The van der Waals surface area contributed by atoms with Gasteiger partial charge in [-0.2, -0.15) is 5.10 Å². The van der Waals surface area contributed by atoms with Crippen LogP contribution in [-0.4, -0.2) is 23.1 Å². The predicted molar refractivity (Wildman–Crippen MR) is 56.2 cm³/mol. The number of anilines is 1. The highest BCUT2D eigenvalue weighted by Gasteiger charge is 2.08. The number of carboxylic acid groups (broad SMARTS) is 1. The number of hydrogen-bond donors (Lipinski definition) is 2. The van der Waals surface area contributed by atoms with Crippen molar-refractivity contribution in [3.05, 3.63) is 29.0 Å². The van der Waals surface area contributed by atoms with E-state index in [2.05, 4.69) is 10.5 Å². The molecule has 0 amide bonds. The monoisotopic (exact) mass is 244 g/mol. The van der Waals surface area contributed by atoms with Gasteiger partial charge in [-0.1, -0.05) is 11.6 Å². The zero-order valence-electron chi connectivity index (χ0n) is 7.78. The maximum absolute atomic E-state index is 13.2. The Kier molecular flexibility index (Phi) is 3.96. The molecule has 7 heteroatoms. The number of carbonyl (C=O) groups excluding carboxylic acids is 1. The molecule has 0 aliphatic rings. The number of halogens is 2. The second kappa shape index (κ2) is 5.22. The quantitative estimate of drug-likeness (QED) is 0.364. The van der Waals surface area contributed by atoms with Gasteiger partial charge in [-0.15, -0.1) is 0 Å². The summed E-state index contributed by atoms with van der Waals surface area (Å²) in [6, 6.07) is 3.69. The Morgan fingerprint density at radius 3 is 2.75 bits per heavy atom. The topological polar surface area (TPSA) is 78.8 Å². The summed E-state index contributed by atoms with van der Waals surface area (Å²) in [6.45, 7) is 0. The number of benzene rings is 1. The number of nitrogens with zero attached hydrogens (tertiary/aromatic N) is 1. The standard InChI is InChI=1S/C9H6ClFN2O3/c10-5-1-2-7(6(11)3-5)12-13-8(4-14)9(15)16/h1-4,12H,(H,15,16)/b13-8+. The largest absolute Gasteiger partial charge is 0.476 e. The van der Waals surface area contributed by atoms with Gasteiger partial charge in [0.15, 0.2) is 6.29 Å². The highest BCUT2D eigenvalue weighted by Crippen LogP contribution is 2.18. The van der Waals surface area contributed by atoms with Crippen LogP contribution in [0.15, 0.2) is 23.3 Å². The molecule has 0 saturated carbocycles. The molecular weight excluding hydrogens is 239 g/mol. The van der Waals surface area contributed by atoms with Crippen molar-refractivity contribution in [1.29, 1.82) is 0 Å². The summed E-state index contributed by atoms with van der Waals surface area (Å²) in [6.07, 6.45) is 0.0448. The van der Waals surface area contributed by atoms with E-state index in [0.29, 0.717) is 0 Å². The van der Waals surface area contributed by atoms with Crippen LogP contribution >= 0.6 is 11.6 Å². The predicted octanol–water partition coefficient (Wildman–Crippen LogP) is 1.53. The van der Waals surface area contributed by atoms with Gasteiger partial charge in [0.25, 0.3) is 0 Å². The SMILES string of the molecule is O=C/C(=N\Nc1ccc(Cl)cc1F)C(=O)O. The molecule has 1 aromatic rings. The third kappa shape index (κ3) is 3.03. The van der Waals surface area contributed by atoms with Crippen molar-refractivity contribution < 1.29 is 19.1 Å². The molecule has 5 nitrogen and oxygen atoms in total. The first-order chi connectivity index (χ1) is 7.54. The van der Waals surface area contributed by atoms with Crippen molar-refractivity contribution in [2.24, 2.45) is 5.10 Å². The average Bonchev–Trinajstić information content (AvgIpc) is 2.21. The fourth-order valence-electron chi connectivity index (χ4n) is 0.825. The molecule has 2 N–H and O–H groups in total. The average molecular weight is 245 g/mol. The smallest absolute Gasteiger partial charge is 0.359 e. The van der Waals surface area contributed by atoms with Crippen LogP contribution in [0.1, 0.15) is 0 Å². The van der Waals surface area contributed by atoms with Crippen LogP contribution in [0.5, 0.6) is 0 Å². The second-order valence-corrected chi connectivity index (χ2v) is 3.09. The molecule has 0 saturated heterocycles. The van der Waals surface area contributed by atoms with Gasteiger partial charge in [0.05, 0.1) is 5.69 Å². The lowest BCUT2D eigenvalue weighted by molar-refractivity contribution is -0.129. The number of carbonyl (C=O) groups is 2. The molecule has 0 heterocycles. The first-order valence-corrected chi connectivity index (χ1v) is 4.39. The first kappa shape index (κ1) is 12.1. The van der Waals surface area contributed by atoms with Gasteiger partial charge in [0.1, 0.15) is 5.82 Å². The van der Waals surface area contributed by atoms with Crippen LogP contribution in [0.3, 0.4) is 0 Å². The van der Waals surface area contributed by atoms with Gasteiger partial charge in [-0.3, -0.25) is 10.2 Å². The highest BCUT2D eigenvalue weighted by atomic mass is 35.5. The van der Waals surface area contributed by atoms with E-state index in [9.17, 15) is 14.0 Å². The second-order valence-electron chi connectivity index (χ2n) is 2.66. The van der Waals surface area contributed by atoms with E-state index < -0.39 is 17.5 Å². The van der Waals surface area contributed by atoms with Crippen molar-refractivity contribution in [2.75, 3.05) is 5.43 Å². The summed E-state index contributed by atoms with van der Waals surface area (Å²) in [4.78, 5) is 20.6. The van der Waals surface area contributed by atoms with Gasteiger partial charge in [0.2, 0.25) is 5.71 Å². The maximum atomic E-state index is 13.2. The minimum atomic E-state index is -1.50. The van der Waals surface area contributed by atoms with E-state index in [0.717, 1.165) is 6.07 Å². The van der Waals surface area contributed by atoms with Gasteiger partial charge >= 0.3 is 5.97 Å². The lowest BCUT2D eigenvalue weighted by atomic mass is 10.3. The minimum absolute atomic E-state index is 0.0448. The van der Waals surface area contributed by atoms with Crippen LogP contribution in [0.4, 0.5) is 10.1 Å². The number of nitrogens with one attached hydrogen (secondary N) is 1. The summed E-state index contributed by atoms with van der Waals surface area (Å²) in [5.41, 5.74) is 1.28. The molecule has 0 aromatic heterocycles. The summed E-state index contributed by atoms with van der Waals surface area (Å²) >= 11 is 5.50. The number of hydrazone groups is 1. The molecule has 0 unspecified atom stereocenters. The minimum Gasteiger partial charge on any atom is -0.476 e. The van der Waals surface area contributed by atoms with E-state index in [4.69, 9.17) is 16.7 Å². The Hall–Kier alpha value is -1.95. The molecule has 1 aromatic carbocycles. The maximum Gasteiger partial charge on any atom is 0.359 e. The van der Waals surface area contributed by atoms with Crippen molar-refractivity contribution in [1.82, 2.24) is 0 Å². The Morgan fingerprint density at radius 2 is 2.25 bits per heavy atom. The molecular formula is C9H6ClFN2O3. The Balaban J connectivity index is 2.89. The summed E-state index contributed by atoms with van der Waals surface area (Å²) in [5, 5.41) is 11.9. The van der Waals surface area contributed by atoms with E-state index in [-0.39, 0.29) is 17.0 Å². The molecule has 0 atom stereocenters. The van der Waals surface area contributed by atoms with E-state index in [1.165, 1.54) is 12.1 Å². The van der Waals surface area contributed by atoms with Crippen LogP contribution < -0.4 is 5.43 Å². The Labute approximate surface area is 94.5 Å². The summed E-state index contributed by atoms with van der Waals surface area (Å²) in [5.74, 6) is -2.20. The number of carboxylic acids is 1. The van der Waals surface area contributed by atoms with Crippen molar-refractivity contribution in [3.8, 4) is 0 Å². The third-order valence-electron chi connectivity index (χ3n) is 1.56. The van der Waals surface area contributed by atoms with Crippen LogP contribution in [0.25, 0.3) is 0 Å². The number of aldehydes is 1. The van der Waals surface area contributed by atoms with E-state index in [1.807, 2.05) is 0 Å². The molecule has 16 heavy (non-hydrogen) atoms. The zero-order valence-corrected chi connectivity index (χ0v) is 8.53. The lowest BCUT2D eigenvalue weighted by Gasteiger charge is -2.02. The molecule has 84 valence electrons. The van der Waals surface area contributed by atoms with Crippen LogP contribution in [-0.2, 0) is 9.59 Å². The fourth-order valence-corrected chi connectivity index (χ4v) is 0.984. The van der Waals surface area contributed by atoms with Crippen molar-refractivity contribution in [3.63, 3.8) is 0 Å². The molecule has 0 spiro atoms. The summed E-state index contributed by atoms with van der Waals surface area (Å²) in [7, 11) is 0. The Bertz CT molecular complexity index is 462. The van der Waals surface area contributed by atoms with Gasteiger partial charge in [0, 0.05) is 5.02 Å². The lowest BCUT2D eigenvalue weighted by Crippen LogP contribution is -2.16. The number of aliphatic carboxylic acids is 1. The molecule has 0 aliphatic heterocycles. The van der Waals surface area contributed by atoms with E-state index >= 15 is 0 Å². The van der Waals surface area contributed by atoms with Gasteiger partial charge in [-0.05, 0) is 18.2 Å².